The van der Waals surface area contributed by atoms with Crippen LogP contribution in [-0.4, -0.2) is 24.1 Å². The molecule has 0 N–H and O–H groups in total. The van der Waals surface area contributed by atoms with Crippen LogP contribution in [0.15, 0.2) is 218 Å². The molecule has 0 aliphatic carbocycles. The van der Waals surface area contributed by atoms with Crippen molar-refractivity contribution in [2.45, 2.75) is 0 Å². The Bertz CT molecular complexity index is 4710. The van der Waals surface area contributed by atoms with E-state index in [0.717, 1.165) is 72.0 Å². The molecular weight excluding hydrogens is 917 g/mol. The lowest BCUT2D eigenvalue weighted by molar-refractivity contribution is 1.07. The molecule has 0 radical (unpaired) electrons. The molecule has 0 atom stereocenters. The lowest BCUT2D eigenvalue weighted by Crippen LogP contribution is -2.06. The maximum Gasteiger partial charge on any atom is 0.197 e. The van der Waals surface area contributed by atoms with Gasteiger partial charge in [-0.1, -0.05) is 170 Å². The molecule has 0 saturated carbocycles. The largest absolute Gasteiger partial charge is 0.310 e. The Hall–Kier alpha value is -9.26. The van der Waals surface area contributed by atoms with E-state index < -0.39 is 0 Å². The average Bonchev–Trinajstić information content (AvgIpc) is 4.21. The number of nitrogens with zero attached hydrogens (tertiary/aromatic N) is 6. The fraction of sp³-hybridized carbons (Fsp3) is 0. The molecule has 0 aliphatic heterocycles. The molecule has 15 rings (SSSR count). The van der Waals surface area contributed by atoms with Crippen LogP contribution >= 0.6 is 22.7 Å². The lowest BCUT2D eigenvalue weighted by Gasteiger charge is -2.22. The number of fused-ring (bicyclic) bond motifs is 14. The first kappa shape index (κ1) is 40.6. The summed E-state index contributed by atoms with van der Waals surface area (Å²) in [6, 6.07) is 76.7. The molecule has 6 nitrogen and oxygen atoms in total. The van der Waals surface area contributed by atoms with Crippen molar-refractivity contribution >= 4 is 112 Å². The van der Waals surface area contributed by atoms with Gasteiger partial charge in [-0.05, 0) is 48.5 Å². The first-order valence-corrected chi connectivity index (χ1v) is 25.5. The summed E-state index contributed by atoms with van der Waals surface area (Å²) in [6.45, 7) is 9.04. The summed E-state index contributed by atoms with van der Waals surface area (Å²) in [5, 5.41) is 9.71. The Morgan fingerprint density at radius 2 is 0.792 bits per heavy atom. The van der Waals surface area contributed by atoms with Gasteiger partial charge in [-0.2, -0.15) is 0 Å². The fourth-order valence-electron chi connectivity index (χ4n) is 11.2. The Morgan fingerprint density at radius 1 is 0.347 bits per heavy atom. The highest BCUT2D eigenvalue weighted by Crippen LogP contribution is 2.51. The highest BCUT2D eigenvalue weighted by Gasteiger charge is 2.28. The third-order valence-corrected chi connectivity index (χ3v) is 16.6. The molecule has 334 valence electrons. The zero-order chi connectivity index (χ0) is 47.4. The second-order valence-corrected chi connectivity index (χ2v) is 20.2. The summed E-state index contributed by atoms with van der Waals surface area (Å²) in [6.07, 6.45) is 0. The van der Waals surface area contributed by atoms with Crippen molar-refractivity contribution in [1.82, 2.24) is 24.1 Å². The van der Waals surface area contributed by atoms with Crippen molar-refractivity contribution < 1.29 is 0 Å². The highest BCUT2D eigenvalue weighted by atomic mass is 32.1. The van der Waals surface area contributed by atoms with Gasteiger partial charge in [-0.15, -0.1) is 22.7 Å². The minimum Gasteiger partial charge on any atom is -0.310 e. The van der Waals surface area contributed by atoms with Crippen LogP contribution < -0.4 is 0 Å². The van der Waals surface area contributed by atoms with Crippen LogP contribution in [0.1, 0.15) is 0 Å². The summed E-state index contributed by atoms with van der Waals surface area (Å²) in [5.74, 6) is 1.63. The standard InChI is InChI=1S/C64H36N6S2/c1-65-47-27-17-31-51(70-49-29-13-9-25-45(49)58-53(70)37-35-43-41-23-11-15-33-55(41)72-61(43)58)59(47)56-46(64-67-62(38-18-4-2-5-19-38)66-63(68-64)39-20-6-3-7-21-39)26-16-30-50(56)69-48-28-12-8-24-44(48)57-52(69)36-34-42-40-22-10-14-32-54(40)71-60(42)57/h2-37H. The zero-order valence-corrected chi connectivity index (χ0v) is 39.9. The van der Waals surface area contributed by atoms with E-state index >= 15 is 0 Å². The van der Waals surface area contributed by atoms with Crippen LogP contribution in [0.5, 0.6) is 0 Å². The van der Waals surface area contributed by atoms with Gasteiger partial charge in [-0.25, -0.2) is 19.8 Å². The SMILES string of the molecule is [C-]#[N+]c1cccc(-n2c3ccccc3c3c4sc5ccccc5c4ccc32)c1-c1c(-c2nc(-c3ccccc3)nc(-c3ccccc3)n2)cccc1-n1c2ccccc2c2c3sc4ccccc4c3ccc21. The predicted molar refractivity (Wildman–Crippen MR) is 302 cm³/mol. The molecule has 0 saturated heterocycles. The van der Waals surface area contributed by atoms with Gasteiger partial charge in [0, 0.05) is 95.4 Å². The van der Waals surface area contributed by atoms with E-state index in [1.807, 2.05) is 95.5 Å². The van der Waals surface area contributed by atoms with E-state index in [4.69, 9.17) is 21.5 Å². The second-order valence-electron chi connectivity index (χ2n) is 18.1. The van der Waals surface area contributed by atoms with Crippen molar-refractivity contribution in [3.05, 3.63) is 230 Å². The molecular formula is C64H36N6S2. The van der Waals surface area contributed by atoms with Crippen molar-refractivity contribution in [2.75, 3.05) is 0 Å². The number of para-hydroxylation sites is 2. The lowest BCUT2D eigenvalue weighted by atomic mass is 9.93. The fourth-order valence-corrected chi connectivity index (χ4v) is 13.7. The van der Waals surface area contributed by atoms with E-state index in [0.29, 0.717) is 23.2 Å². The Kier molecular flexibility index (Phi) is 8.96. The highest BCUT2D eigenvalue weighted by molar-refractivity contribution is 7.27. The molecule has 8 heteroatoms. The average molecular weight is 953 g/mol. The van der Waals surface area contributed by atoms with Crippen LogP contribution in [0, 0.1) is 6.57 Å². The summed E-state index contributed by atoms with van der Waals surface area (Å²) >= 11 is 3.68. The van der Waals surface area contributed by atoms with Gasteiger partial charge in [0.2, 0.25) is 0 Å². The van der Waals surface area contributed by atoms with E-state index in [2.05, 4.69) is 160 Å². The van der Waals surface area contributed by atoms with Gasteiger partial charge >= 0.3 is 0 Å². The molecule has 0 fully saturated rings. The van der Waals surface area contributed by atoms with Gasteiger partial charge in [0.25, 0.3) is 0 Å². The maximum atomic E-state index is 9.04. The molecule has 0 aliphatic rings. The summed E-state index contributed by atoms with van der Waals surface area (Å²) in [7, 11) is 0. The van der Waals surface area contributed by atoms with Gasteiger partial charge in [0.15, 0.2) is 23.2 Å². The van der Waals surface area contributed by atoms with Gasteiger partial charge in [0.05, 0.1) is 34.3 Å². The first-order chi connectivity index (χ1) is 35.7. The number of aromatic nitrogens is 5. The Balaban J connectivity index is 1.11. The second kappa shape index (κ2) is 15.9. The van der Waals surface area contributed by atoms with Crippen LogP contribution in [0.2, 0.25) is 0 Å². The van der Waals surface area contributed by atoms with Crippen molar-refractivity contribution in [3.63, 3.8) is 0 Å². The van der Waals surface area contributed by atoms with E-state index in [1.54, 1.807) is 0 Å². The molecule has 5 heterocycles. The number of thiophene rings is 2. The van der Waals surface area contributed by atoms with Crippen molar-refractivity contribution in [2.24, 2.45) is 0 Å². The van der Waals surface area contributed by atoms with Crippen LogP contribution in [0.4, 0.5) is 5.69 Å². The topological polar surface area (TPSA) is 52.9 Å². The minimum atomic E-state index is 0.507. The third-order valence-electron chi connectivity index (χ3n) is 14.2. The number of hydrogen-bond donors (Lipinski definition) is 0. The number of rotatable bonds is 6. The molecule has 5 aromatic heterocycles. The Labute approximate surface area is 420 Å². The quantitative estimate of drug-likeness (QED) is 0.156. The number of benzene rings is 10. The van der Waals surface area contributed by atoms with Crippen LogP contribution in [-0.2, 0) is 0 Å². The smallest absolute Gasteiger partial charge is 0.197 e. The molecule has 10 aromatic carbocycles. The molecule has 0 unspecified atom stereocenters. The molecule has 0 spiro atoms. The van der Waals surface area contributed by atoms with Crippen LogP contribution in [0.25, 0.3) is 145 Å². The minimum absolute atomic E-state index is 0.507. The monoisotopic (exact) mass is 952 g/mol. The molecule has 0 bridgehead atoms. The molecule has 72 heavy (non-hydrogen) atoms. The predicted octanol–water partition coefficient (Wildman–Crippen LogP) is 18.0. The Morgan fingerprint density at radius 3 is 1.32 bits per heavy atom. The third kappa shape index (κ3) is 5.96. The summed E-state index contributed by atoms with van der Waals surface area (Å²) in [4.78, 5) is 20.3. The van der Waals surface area contributed by atoms with Gasteiger partial charge < -0.3 is 9.13 Å². The molecule has 0 amide bonds. The summed E-state index contributed by atoms with van der Waals surface area (Å²) < 4.78 is 9.79. The molecule has 15 aromatic rings. The van der Waals surface area contributed by atoms with E-state index in [-0.39, 0.29) is 0 Å². The van der Waals surface area contributed by atoms with Crippen molar-refractivity contribution in [3.8, 4) is 56.7 Å². The van der Waals surface area contributed by atoms with E-state index in [9.17, 15) is 0 Å². The van der Waals surface area contributed by atoms with Gasteiger partial charge in [-0.3, -0.25) is 0 Å². The number of hydrogen-bond acceptors (Lipinski definition) is 5. The first-order valence-electron chi connectivity index (χ1n) is 23.9. The van der Waals surface area contributed by atoms with Crippen molar-refractivity contribution in [1.29, 1.82) is 0 Å². The summed E-state index contributed by atoms with van der Waals surface area (Å²) in [5.41, 5.74) is 10.7. The normalized spacial score (nSPS) is 11.9. The van der Waals surface area contributed by atoms with Gasteiger partial charge in [0.1, 0.15) is 0 Å². The van der Waals surface area contributed by atoms with E-state index in [1.165, 1.54) is 51.1 Å². The zero-order valence-electron chi connectivity index (χ0n) is 38.3. The van der Waals surface area contributed by atoms with Crippen LogP contribution in [0.3, 0.4) is 0 Å². The maximum absolute atomic E-state index is 9.04.